The van der Waals surface area contributed by atoms with Gasteiger partial charge in [-0.05, 0) is 104 Å². The van der Waals surface area contributed by atoms with Crippen molar-refractivity contribution < 1.29 is 0 Å². The van der Waals surface area contributed by atoms with E-state index >= 15 is 0 Å². The third-order valence-corrected chi connectivity index (χ3v) is 19.3. The molecular weight excluding hydrogens is 877 g/mol. The van der Waals surface area contributed by atoms with Gasteiger partial charge in [0.2, 0.25) is 0 Å². The molecule has 5 heterocycles. The highest BCUT2D eigenvalue weighted by molar-refractivity contribution is 7.22. The molecule has 0 atom stereocenters. The second-order valence-corrected chi connectivity index (χ2v) is 22.2. The standard InChI is InChI=1S/C66H46N4Si/c1-3-44(40-43(2)57-36-31-47-28-29-48-32-37-58(45-18-8-4-9-19-45)68-64(48)63(47)67-57)60-42-55(54-35-30-49-33-38-59(46-20-10-5-11-21-46)69-65(49)66(54)70-60)50-34-39-62-56(41-50)53-26-16-17-27-61(53)71(62,51-22-12-6-13-23-51)52-24-14-7-15-25-52/h3-42H,1-2H3/b43-40+,44-3+. The zero-order valence-corrected chi connectivity index (χ0v) is 40.4. The van der Waals surface area contributed by atoms with E-state index in [0.717, 1.165) is 99.8 Å². The summed E-state index contributed by atoms with van der Waals surface area (Å²) in [7, 11) is -2.66. The van der Waals surface area contributed by atoms with Crippen molar-refractivity contribution >= 4 is 83.6 Å². The molecule has 1 aliphatic heterocycles. The number of allylic oxidation sites excluding steroid dienone is 4. The van der Waals surface area contributed by atoms with Gasteiger partial charge in [-0.2, -0.15) is 0 Å². The fourth-order valence-electron chi connectivity index (χ4n) is 11.0. The molecule has 4 aromatic heterocycles. The number of nitrogens with zero attached hydrogens (tertiary/aromatic N) is 4. The number of pyridine rings is 4. The van der Waals surface area contributed by atoms with Gasteiger partial charge < -0.3 is 0 Å². The maximum absolute atomic E-state index is 5.58. The first-order chi connectivity index (χ1) is 35.0. The number of aromatic nitrogens is 4. The smallest absolute Gasteiger partial charge is 0.180 e. The van der Waals surface area contributed by atoms with Crippen LogP contribution in [0, 0.1) is 0 Å². The van der Waals surface area contributed by atoms with E-state index in [9.17, 15) is 0 Å². The Hall–Kier alpha value is -8.90. The molecule has 4 nitrogen and oxygen atoms in total. The highest BCUT2D eigenvalue weighted by atomic mass is 28.3. The van der Waals surface area contributed by atoms with Gasteiger partial charge in [-0.15, -0.1) is 0 Å². The van der Waals surface area contributed by atoms with Crippen LogP contribution in [-0.2, 0) is 0 Å². The molecular formula is C66H46N4Si. The van der Waals surface area contributed by atoms with Crippen LogP contribution in [0.25, 0.3) is 99.5 Å². The second kappa shape index (κ2) is 17.3. The van der Waals surface area contributed by atoms with Crippen LogP contribution in [0.2, 0.25) is 0 Å². The molecule has 8 aromatic carbocycles. The second-order valence-electron chi connectivity index (χ2n) is 18.5. The van der Waals surface area contributed by atoms with Gasteiger partial charge in [-0.3, -0.25) is 0 Å². The van der Waals surface area contributed by atoms with Crippen molar-refractivity contribution in [3.05, 3.63) is 254 Å². The monoisotopic (exact) mass is 922 g/mol. The molecule has 0 amide bonds. The first-order valence-corrected chi connectivity index (χ1v) is 26.3. The highest BCUT2D eigenvalue weighted by Gasteiger charge is 2.48. The van der Waals surface area contributed by atoms with Crippen LogP contribution in [0.5, 0.6) is 0 Å². The van der Waals surface area contributed by atoms with Crippen LogP contribution in [0.3, 0.4) is 0 Å². The summed E-state index contributed by atoms with van der Waals surface area (Å²) in [5.41, 5.74) is 16.1. The van der Waals surface area contributed by atoms with E-state index in [0.29, 0.717) is 0 Å². The zero-order chi connectivity index (χ0) is 47.5. The van der Waals surface area contributed by atoms with Crippen molar-refractivity contribution in [3.8, 4) is 44.8 Å². The maximum Gasteiger partial charge on any atom is 0.180 e. The average molecular weight is 923 g/mol. The molecule has 5 heteroatoms. The molecule has 0 spiro atoms. The molecule has 334 valence electrons. The molecule has 0 saturated heterocycles. The summed E-state index contributed by atoms with van der Waals surface area (Å²) in [4.78, 5) is 21.5. The lowest BCUT2D eigenvalue weighted by atomic mass is 9.94. The molecule has 13 rings (SSSR count). The molecule has 0 unspecified atom stereocenters. The van der Waals surface area contributed by atoms with Crippen LogP contribution in [0.1, 0.15) is 25.2 Å². The summed E-state index contributed by atoms with van der Waals surface area (Å²) < 4.78 is 0. The van der Waals surface area contributed by atoms with E-state index in [1.807, 2.05) is 12.1 Å². The van der Waals surface area contributed by atoms with Gasteiger partial charge >= 0.3 is 0 Å². The molecule has 71 heavy (non-hydrogen) atoms. The Morgan fingerprint density at radius 2 is 0.873 bits per heavy atom. The van der Waals surface area contributed by atoms with Crippen molar-refractivity contribution in [1.29, 1.82) is 0 Å². The predicted octanol–water partition coefficient (Wildman–Crippen LogP) is 13.7. The van der Waals surface area contributed by atoms with Crippen molar-refractivity contribution in [3.63, 3.8) is 0 Å². The van der Waals surface area contributed by atoms with Crippen molar-refractivity contribution in [2.24, 2.45) is 0 Å². The van der Waals surface area contributed by atoms with Gasteiger partial charge in [0.15, 0.2) is 8.07 Å². The van der Waals surface area contributed by atoms with E-state index in [1.54, 1.807) is 0 Å². The van der Waals surface area contributed by atoms with Crippen molar-refractivity contribution in [1.82, 2.24) is 19.9 Å². The Kier molecular flexibility index (Phi) is 10.3. The molecule has 1 aliphatic rings. The van der Waals surface area contributed by atoms with Gasteiger partial charge in [0.05, 0.1) is 44.8 Å². The summed E-state index contributed by atoms with van der Waals surface area (Å²) in [6.45, 7) is 4.24. The van der Waals surface area contributed by atoms with Crippen molar-refractivity contribution in [2.45, 2.75) is 13.8 Å². The number of hydrogen-bond acceptors (Lipinski definition) is 4. The summed E-state index contributed by atoms with van der Waals surface area (Å²) in [6, 6.07) is 83.3. The number of rotatable bonds is 8. The predicted molar refractivity (Wildman–Crippen MR) is 300 cm³/mol. The lowest BCUT2D eigenvalue weighted by Crippen LogP contribution is -2.72. The summed E-state index contributed by atoms with van der Waals surface area (Å²) in [6.07, 6.45) is 4.39. The minimum atomic E-state index is -2.66. The van der Waals surface area contributed by atoms with Gasteiger partial charge in [0.25, 0.3) is 0 Å². The molecule has 12 aromatic rings. The minimum absolute atomic E-state index is 0.868. The quantitative estimate of drug-likeness (QED) is 0.0866. The Balaban J connectivity index is 1.00. The SMILES string of the molecule is C/C=C(\C=C(/C)c1ccc2ccc3ccc(-c4ccccc4)nc3c2n1)c1cc(-c2ccc3c(c2)-c2ccccc2[Si]3(c2ccccc2)c2ccccc2)c2ccc3ccc(-c4ccccc4)nc3c2n1. The first kappa shape index (κ1) is 42.2. The largest absolute Gasteiger partial charge is 0.246 e. The highest BCUT2D eigenvalue weighted by Crippen LogP contribution is 2.39. The van der Waals surface area contributed by atoms with E-state index in [-0.39, 0.29) is 0 Å². The maximum atomic E-state index is 5.58. The zero-order valence-electron chi connectivity index (χ0n) is 39.4. The normalized spacial score (nSPS) is 13.2. The molecule has 0 aliphatic carbocycles. The summed E-state index contributed by atoms with van der Waals surface area (Å²) in [5.74, 6) is 0. The lowest BCUT2D eigenvalue weighted by Gasteiger charge is -2.31. The van der Waals surface area contributed by atoms with Crippen LogP contribution in [0.4, 0.5) is 0 Å². The molecule has 0 bridgehead atoms. The Bertz CT molecular complexity index is 4070. The third-order valence-electron chi connectivity index (χ3n) is 14.4. The third kappa shape index (κ3) is 7.04. The van der Waals surface area contributed by atoms with Crippen LogP contribution in [0.15, 0.2) is 243 Å². The molecule has 0 radical (unpaired) electrons. The van der Waals surface area contributed by atoms with E-state index in [4.69, 9.17) is 19.9 Å². The minimum Gasteiger partial charge on any atom is -0.246 e. The molecule has 0 fully saturated rings. The van der Waals surface area contributed by atoms with Gasteiger partial charge in [-0.25, -0.2) is 19.9 Å². The van der Waals surface area contributed by atoms with Gasteiger partial charge in [0.1, 0.15) is 0 Å². The van der Waals surface area contributed by atoms with E-state index < -0.39 is 8.07 Å². The van der Waals surface area contributed by atoms with E-state index in [1.165, 1.54) is 31.9 Å². The van der Waals surface area contributed by atoms with Gasteiger partial charge in [-0.1, -0.05) is 206 Å². The van der Waals surface area contributed by atoms with Crippen molar-refractivity contribution in [2.75, 3.05) is 0 Å². The average Bonchev–Trinajstić information content (AvgIpc) is 3.75. The Morgan fingerprint density at radius 3 is 1.49 bits per heavy atom. The van der Waals surface area contributed by atoms with Crippen LogP contribution >= 0.6 is 0 Å². The number of hydrogen-bond donors (Lipinski definition) is 0. The fraction of sp³-hybridized carbons (Fsp3) is 0.0303. The number of fused-ring (bicyclic) bond motifs is 9. The van der Waals surface area contributed by atoms with Gasteiger partial charge in [0, 0.05) is 32.7 Å². The van der Waals surface area contributed by atoms with Crippen LogP contribution in [-0.4, -0.2) is 28.0 Å². The Labute approximate surface area is 414 Å². The van der Waals surface area contributed by atoms with Crippen LogP contribution < -0.4 is 20.7 Å². The topological polar surface area (TPSA) is 51.6 Å². The molecule has 0 N–H and O–H groups in total. The molecule has 0 saturated carbocycles. The first-order valence-electron chi connectivity index (χ1n) is 24.3. The van der Waals surface area contributed by atoms with E-state index in [2.05, 4.69) is 244 Å². The lowest BCUT2D eigenvalue weighted by molar-refractivity contribution is 1.31. The summed E-state index contributed by atoms with van der Waals surface area (Å²) >= 11 is 0. The fourth-order valence-corrected chi connectivity index (χ4v) is 16.2. The summed E-state index contributed by atoms with van der Waals surface area (Å²) in [5, 5.41) is 9.82. The Morgan fingerprint density at radius 1 is 0.380 bits per heavy atom. The number of benzene rings is 8.